The van der Waals surface area contributed by atoms with Crippen molar-refractivity contribution < 1.29 is 13.2 Å². The molecule has 0 unspecified atom stereocenters. The SMILES string of the molecule is CCOCCN(C)S(=O)(=O)c1cccc(N)c1C. The van der Waals surface area contributed by atoms with Crippen molar-refractivity contribution in [2.75, 3.05) is 32.5 Å². The van der Waals surface area contributed by atoms with E-state index in [4.69, 9.17) is 10.5 Å². The van der Waals surface area contributed by atoms with Crippen molar-refractivity contribution in [1.29, 1.82) is 0 Å². The summed E-state index contributed by atoms with van der Waals surface area (Å²) in [6.07, 6.45) is 0. The zero-order chi connectivity index (χ0) is 13.8. The summed E-state index contributed by atoms with van der Waals surface area (Å²) in [5, 5.41) is 0. The van der Waals surface area contributed by atoms with Crippen LogP contribution in [0.25, 0.3) is 0 Å². The van der Waals surface area contributed by atoms with Gasteiger partial charge in [-0.25, -0.2) is 8.42 Å². The third-order valence-electron chi connectivity index (χ3n) is 2.77. The predicted octanol–water partition coefficient (Wildman–Crippen LogP) is 1.23. The van der Waals surface area contributed by atoms with Crippen LogP contribution in [-0.4, -0.2) is 39.5 Å². The number of nitrogens with zero attached hydrogens (tertiary/aromatic N) is 1. The van der Waals surface area contributed by atoms with Crippen molar-refractivity contribution in [3.63, 3.8) is 0 Å². The molecule has 0 aliphatic carbocycles. The maximum Gasteiger partial charge on any atom is 0.243 e. The Labute approximate surface area is 109 Å². The lowest BCUT2D eigenvalue weighted by atomic mass is 10.2. The van der Waals surface area contributed by atoms with E-state index in [0.717, 1.165) is 0 Å². The molecule has 0 aromatic heterocycles. The maximum atomic E-state index is 12.3. The molecule has 0 aliphatic heterocycles. The van der Waals surface area contributed by atoms with Gasteiger partial charge in [-0.2, -0.15) is 4.31 Å². The highest BCUT2D eigenvalue weighted by atomic mass is 32.2. The Balaban J connectivity index is 2.95. The van der Waals surface area contributed by atoms with Crippen molar-refractivity contribution in [2.24, 2.45) is 0 Å². The Morgan fingerprint density at radius 3 is 2.67 bits per heavy atom. The molecule has 0 aliphatic rings. The molecule has 102 valence electrons. The van der Waals surface area contributed by atoms with Crippen LogP contribution in [0.3, 0.4) is 0 Å². The smallest absolute Gasteiger partial charge is 0.243 e. The molecule has 1 rings (SSSR count). The average molecular weight is 272 g/mol. The van der Waals surface area contributed by atoms with Crippen LogP contribution < -0.4 is 5.73 Å². The Morgan fingerprint density at radius 1 is 1.39 bits per heavy atom. The van der Waals surface area contributed by atoms with Crippen LogP contribution >= 0.6 is 0 Å². The van der Waals surface area contributed by atoms with Gasteiger partial charge in [0, 0.05) is 25.9 Å². The van der Waals surface area contributed by atoms with Gasteiger partial charge in [0.15, 0.2) is 0 Å². The minimum atomic E-state index is -3.50. The monoisotopic (exact) mass is 272 g/mol. The number of hydrogen-bond acceptors (Lipinski definition) is 4. The van der Waals surface area contributed by atoms with Crippen LogP contribution in [0.1, 0.15) is 12.5 Å². The van der Waals surface area contributed by atoms with Crippen molar-refractivity contribution in [3.8, 4) is 0 Å². The van der Waals surface area contributed by atoms with E-state index < -0.39 is 10.0 Å². The number of benzene rings is 1. The highest BCUT2D eigenvalue weighted by Crippen LogP contribution is 2.22. The first-order valence-electron chi connectivity index (χ1n) is 5.80. The Kier molecular flexibility index (Phi) is 5.13. The fraction of sp³-hybridized carbons (Fsp3) is 0.500. The fourth-order valence-corrected chi connectivity index (χ4v) is 2.94. The minimum absolute atomic E-state index is 0.251. The largest absolute Gasteiger partial charge is 0.398 e. The first kappa shape index (κ1) is 14.9. The third-order valence-corrected chi connectivity index (χ3v) is 4.77. The van der Waals surface area contributed by atoms with Crippen LogP contribution in [0.4, 0.5) is 5.69 Å². The first-order valence-corrected chi connectivity index (χ1v) is 7.24. The normalized spacial score (nSPS) is 12.0. The molecule has 0 heterocycles. The van der Waals surface area contributed by atoms with E-state index in [1.165, 1.54) is 11.4 Å². The van der Waals surface area contributed by atoms with Gasteiger partial charge in [-0.1, -0.05) is 6.07 Å². The molecule has 18 heavy (non-hydrogen) atoms. The van der Waals surface area contributed by atoms with Crippen molar-refractivity contribution in [2.45, 2.75) is 18.7 Å². The van der Waals surface area contributed by atoms with E-state index in [9.17, 15) is 8.42 Å². The van der Waals surface area contributed by atoms with E-state index in [1.54, 1.807) is 25.1 Å². The summed E-state index contributed by atoms with van der Waals surface area (Å²) in [7, 11) is -1.96. The Morgan fingerprint density at radius 2 is 2.06 bits per heavy atom. The van der Waals surface area contributed by atoms with E-state index in [1.807, 2.05) is 6.92 Å². The molecular weight excluding hydrogens is 252 g/mol. The highest BCUT2D eigenvalue weighted by Gasteiger charge is 2.22. The molecule has 0 spiro atoms. The summed E-state index contributed by atoms with van der Waals surface area (Å²) < 4.78 is 31.1. The molecule has 0 saturated heterocycles. The number of rotatable bonds is 6. The fourth-order valence-electron chi connectivity index (χ4n) is 1.54. The van der Waals surface area contributed by atoms with Crippen LogP contribution in [0, 0.1) is 6.92 Å². The Bertz CT molecular complexity index is 500. The standard InChI is InChI=1S/C12H20N2O3S/c1-4-17-9-8-14(3)18(15,16)12-7-5-6-11(13)10(12)2/h5-7H,4,8-9,13H2,1-3H3. The Hall–Kier alpha value is -1.11. The maximum absolute atomic E-state index is 12.3. The summed E-state index contributed by atoms with van der Waals surface area (Å²) >= 11 is 0. The second kappa shape index (κ2) is 6.17. The van der Waals surface area contributed by atoms with Crippen molar-refractivity contribution >= 4 is 15.7 Å². The number of ether oxygens (including phenoxy) is 1. The van der Waals surface area contributed by atoms with E-state index >= 15 is 0 Å². The minimum Gasteiger partial charge on any atom is -0.398 e. The van der Waals surface area contributed by atoms with E-state index in [2.05, 4.69) is 0 Å². The molecule has 5 nitrogen and oxygen atoms in total. The van der Waals surface area contributed by atoms with Gasteiger partial charge in [0.05, 0.1) is 11.5 Å². The topological polar surface area (TPSA) is 72.6 Å². The predicted molar refractivity (Wildman–Crippen MR) is 71.9 cm³/mol. The van der Waals surface area contributed by atoms with Gasteiger partial charge in [0.1, 0.15) is 0 Å². The summed E-state index contributed by atoms with van der Waals surface area (Å²) in [6, 6.07) is 4.90. The van der Waals surface area contributed by atoms with Gasteiger partial charge < -0.3 is 10.5 Å². The molecule has 0 saturated carbocycles. The third kappa shape index (κ3) is 3.22. The zero-order valence-electron chi connectivity index (χ0n) is 11.0. The highest BCUT2D eigenvalue weighted by molar-refractivity contribution is 7.89. The first-order chi connectivity index (χ1) is 8.41. The molecule has 1 aromatic rings. The molecule has 1 aromatic carbocycles. The molecule has 0 atom stereocenters. The lowest BCUT2D eigenvalue weighted by Crippen LogP contribution is -2.30. The van der Waals surface area contributed by atoms with Crippen LogP contribution in [0.15, 0.2) is 23.1 Å². The molecule has 6 heteroatoms. The lowest BCUT2D eigenvalue weighted by molar-refractivity contribution is 0.138. The molecule has 0 bridgehead atoms. The number of nitrogens with two attached hydrogens (primary N) is 1. The molecule has 0 radical (unpaired) electrons. The quantitative estimate of drug-likeness (QED) is 0.624. The van der Waals surface area contributed by atoms with Gasteiger partial charge in [0.25, 0.3) is 0 Å². The van der Waals surface area contributed by atoms with Crippen molar-refractivity contribution in [1.82, 2.24) is 4.31 Å². The summed E-state index contributed by atoms with van der Waals surface area (Å²) in [6.45, 7) is 4.86. The molecular formula is C12H20N2O3S. The molecule has 2 N–H and O–H groups in total. The van der Waals surface area contributed by atoms with Crippen molar-refractivity contribution in [3.05, 3.63) is 23.8 Å². The number of likely N-dealkylation sites (N-methyl/N-ethyl adjacent to an activating group) is 1. The van der Waals surface area contributed by atoms with Crippen LogP contribution in [-0.2, 0) is 14.8 Å². The molecule has 0 fully saturated rings. The molecule has 0 amide bonds. The van der Waals surface area contributed by atoms with E-state index in [0.29, 0.717) is 31.0 Å². The second-order valence-corrected chi connectivity index (χ2v) is 6.01. The van der Waals surface area contributed by atoms with Gasteiger partial charge >= 0.3 is 0 Å². The number of anilines is 1. The number of nitrogen functional groups attached to an aromatic ring is 1. The van der Waals surface area contributed by atoms with Gasteiger partial charge in [-0.05, 0) is 31.5 Å². The van der Waals surface area contributed by atoms with E-state index in [-0.39, 0.29) is 4.90 Å². The number of hydrogen-bond donors (Lipinski definition) is 1. The second-order valence-electron chi connectivity index (χ2n) is 3.99. The summed E-state index contributed by atoms with van der Waals surface area (Å²) in [4.78, 5) is 0.251. The van der Waals surface area contributed by atoms with Gasteiger partial charge in [-0.15, -0.1) is 0 Å². The van der Waals surface area contributed by atoms with Gasteiger partial charge in [0.2, 0.25) is 10.0 Å². The van der Waals surface area contributed by atoms with Gasteiger partial charge in [-0.3, -0.25) is 0 Å². The average Bonchev–Trinajstić information content (AvgIpc) is 2.32. The van der Waals surface area contributed by atoms with Crippen LogP contribution in [0.5, 0.6) is 0 Å². The summed E-state index contributed by atoms with van der Waals surface area (Å²) in [5.74, 6) is 0. The zero-order valence-corrected chi connectivity index (χ0v) is 11.8. The summed E-state index contributed by atoms with van der Waals surface area (Å²) in [5.41, 5.74) is 6.80. The lowest BCUT2D eigenvalue weighted by Gasteiger charge is -2.18. The van der Waals surface area contributed by atoms with Crippen LogP contribution in [0.2, 0.25) is 0 Å². The number of sulfonamides is 1.